The fraction of sp³-hybridized carbons (Fsp3) is 0.238. The molecule has 8 heteroatoms. The van der Waals surface area contributed by atoms with Crippen LogP contribution in [0.3, 0.4) is 0 Å². The molecule has 1 N–H and O–H groups in total. The average Bonchev–Trinajstić information content (AvgIpc) is 2.72. The summed E-state index contributed by atoms with van der Waals surface area (Å²) in [6, 6.07) is 10.3. The van der Waals surface area contributed by atoms with Crippen molar-refractivity contribution >= 4 is 46.8 Å². The monoisotopic (exact) mass is 434 g/mol. The predicted octanol–water partition coefficient (Wildman–Crippen LogP) is 4.27. The third kappa shape index (κ3) is 5.43. The zero-order chi connectivity index (χ0) is 20.8. The second-order valence-electron chi connectivity index (χ2n) is 6.24. The van der Waals surface area contributed by atoms with Gasteiger partial charge in [0, 0.05) is 24.4 Å². The lowest BCUT2D eigenvalue weighted by Gasteiger charge is -2.20. The highest BCUT2D eigenvalue weighted by molar-refractivity contribution is 6.42. The number of likely N-dealkylation sites (N-methyl/N-ethyl adjacent to an activating group) is 1. The Bertz CT molecular complexity index is 946. The molecule has 2 aromatic rings. The first-order valence-corrected chi connectivity index (χ1v) is 9.84. The zero-order valence-electron chi connectivity index (χ0n) is 15.8. The normalized spacial score (nSPS) is 12.7. The molecule has 0 spiro atoms. The van der Waals surface area contributed by atoms with Gasteiger partial charge in [0.2, 0.25) is 11.8 Å². The van der Waals surface area contributed by atoms with Crippen molar-refractivity contribution in [2.24, 2.45) is 0 Å². The van der Waals surface area contributed by atoms with Crippen molar-refractivity contribution in [2.75, 3.05) is 31.6 Å². The maximum Gasteiger partial charge on any atom is 0.247 e. The first-order valence-electron chi connectivity index (χ1n) is 9.08. The number of ether oxygens (including phenoxy) is 2. The molecule has 0 aromatic heterocycles. The van der Waals surface area contributed by atoms with E-state index >= 15 is 0 Å². The van der Waals surface area contributed by atoms with Crippen LogP contribution in [-0.2, 0) is 9.59 Å². The Morgan fingerprint density at radius 2 is 1.90 bits per heavy atom. The number of nitrogens with zero attached hydrogens (tertiary/aromatic N) is 1. The van der Waals surface area contributed by atoms with Gasteiger partial charge in [0.15, 0.2) is 11.5 Å². The Kier molecular flexibility index (Phi) is 7.01. The highest BCUT2D eigenvalue weighted by atomic mass is 35.5. The number of hydrogen-bond donors (Lipinski definition) is 1. The third-order valence-electron chi connectivity index (χ3n) is 4.24. The first kappa shape index (κ1) is 21.0. The molecule has 152 valence electrons. The van der Waals surface area contributed by atoms with Crippen LogP contribution in [0.5, 0.6) is 11.5 Å². The van der Waals surface area contributed by atoms with Crippen molar-refractivity contribution in [2.45, 2.75) is 6.92 Å². The lowest BCUT2D eigenvalue weighted by Crippen LogP contribution is -2.36. The molecule has 1 aliphatic rings. The molecular formula is C21H20Cl2N2O4. The minimum Gasteiger partial charge on any atom is -0.486 e. The molecule has 0 saturated heterocycles. The number of carbonyl (C=O) groups is 2. The van der Waals surface area contributed by atoms with Gasteiger partial charge >= 0.3 is 0 Å². The maximum absolute atomic E-state index is 12.5. The quantitative estimate of drug-likeness (QED) is 0.689. The van der Waals surface area contributed by atoms with Crippen LogP contribution < -0.4 is 14.8 Å². The standard InChI is InChI=1S/C21H20Cl2N2O4/c1-2-25(20(27)9-6-14-4-3-5-16(22)21(14)23)13-19(26)24-15-7-8-17-18(12-15)29-11-10-28-17/h3-9,12H,2,10-11,13H2,1H3,(H,24,26)/b9-6+. The highest BCUT2D eigenvalue weighted by Crippen LogP contribution is 2.32. The number of halogens is 2. The Morgan fingerprint density at radius 3 is 2.66 bits per heavy atom. The van der Waals surface area contributed by atoms with Gasteiger partial charge in [0.1, 0.15) is 19.8 Å². The summed E-state index contributed by atoms with van der Waals surface area (Å²) in [5.74, 6) is 0.607. The summed E-state index contributed by atoms with van der Waals surface area (Å²) in [5.41, 5.74) is 1.20. The van der Waals surface area contributed by atoms with Crippen molar-refractivity contribution < 1.29 is 19.1 Å². The Labute approximate surface area is 179 Å². The van der Waals surface area contributed by atoms with E-state index in [1.54, 1.807) is 49.4 Å². The SMILES string of the molecule is CCN(CC(=O)Nc1ccc2c(c1)OCCO2)C(=O)/C=C/c1cccc(Cl)c1Cl. The summed E-state index contributed by atoms with van der Waals surface area (Å²) in [4.78, 5) is 26.3. The van der Waals surface area contributed by atoms with Crippen LogP contribution in [0.4, 0.5) is 5.69 Å². The van der Waals surface area contributed by atoms with Crippen molar-refractivity contribution in [1.82, 2.24) is 4.90 Å². The van der Waals surface area contributed by atoms with E-state index in [0.29, 0.717) is 52.6 Å². The van der Waals surface area contributed by atoms with Crippen molar-refractivity contribution in [1.29, 1.82) is 0 Å². The zero-order valence-corrected chi connectivity index (χ0v) is 17.3. The van der Waals surface area contributed by atoms with Gasteiger partial charge in [0.05, 0.1) is 10.0 Å². The van der Waals surface area contributed by atoms with Gasteiger partial charge in [-0.3, -0.25) is 9.59 Å². The molecule has 2 aromatic carbocycles. The van der Waals surface area contributed by atoms with Gasteiger partial charge in [-0.05, 0) is 36.8 Å². The van der Waals surface area contributed by atoms with Crippen LogP contribution in [0.25, 0.3) is 6.08 Å². The molecule has 0 unspecified atom stereocenters. The van der Waals surface area contributed by atoms with E-state index in [1.807, 2.05) is 0 Å². The van der Waals surface area contributed by atoms with E-state index in [-0.39, 0.29) is 18.4 Å². The average molecular weight is 435 g/mol. The number of amides is 2. The molecule has 0 fully saturated rings. The molecule has 2 amide bonds. The summed E-state index contributed by atoms with van der Waals surface area (Å²) >= 11 is 12.1. The first-order chi connectivity index (χ1) is 14.0. The van der Waals surface area contributed by atoms with Crippen molar-refractivity contribution in [3.63, 3.8) is 0 Å². The van der Waals surface area contributed by atoms with Gasteiger partial charge in [-0.15, -0.1) is 0 Å². The molecule has 1 heterocycles. The van der Waals surface area contributed by atoms with Crippen molar-refractivity contribution in [3.05, 3.63) is 58.1 Å². The smallest absolute Gasteiger partial charge is 0.247 e. The molecular weight excluding hydrogens is 415 g/mol. The molecule has 0 radical (unpaired) electrons. The maximum atomic E-state index is 12.5. The Balaban J connectivity index is 1.61. The van der Waals surface area contributed by atoms with Crippen LogP contribution in [0.1, 0.15) is 12.5 Å². The number of nitrogens with one attached hydrogen (secondary N) is 1. The van der Waals surface area contributed by atoms with Crippen LogP contribution in [-0.4, -0.2) is 43.0 Å². The van der Waals surface area contributed by atoms with Gasteiger partial charge in [-0.2, -0.15) is 0 Å². The topological polar surface area (TPSA) is 67.9 Å². The van der Waals surface area contributed by atoms with Crippen molar-refractivity contribution in [3.8, 4) is 11.5 Å². The van der Waals surface area contributed by atoms with E-state index in [2.05, 4.69) is 5.32 Å². The lowest BCUT2D eigenvalue weighted by molar-refractivity contribution is -0.130. The van der Waals surface area contributed by atoms with Crippen LogP contribution in [0.15, 0.2) is 42.5 Å². The summed E-state index contributed by atoms with van der Waals surface area (Å²) in [6.45, 7) is 3.06. The van der Waals surface area contributed by atoms with Gasteiger partial charge in [-0.1, -0.05) is 35.3 Å². The highest BCUT2D eigenvalue weighted by Gasteiger charge is 2.16. The van der Waals surface area contributed by atoms with E-state index in [1.165, 1.54) is 11.0 Å². The molecule has 1 aliphatic heterocycles. The van der Waals surface area contributed by atoms with Gasteiger partial charge in [0.25, 0.3) is 0 Å². The largest absolute Gasteiger partial charge is 0.486 e. The molecule has 0 bridgehead atoms. The summed E-state index contributed by atoms with van der Waals surface area (Å²) in [7, 11) is 0. The number of anilines is 1. The van der Waals surface area contributed by atoms with Gasteiger partial charge < -0.3 is 19.7 Å². The number of fused-ring (bicyclic) bond motifs is 1. The van der Waals surface area contributed by atoms with Crippen LogP contribution in [0.2, 0.25) is 10.0 Å². The summed E-state index contributed by atoms with van der Waals surface area (Å²) in [5, 5.41) is 3.55. The molecule has 0 atom stereocenters. The summed E-state index contributed by atoms with van der Waals surface area (Å²) < 4.78 is 11.0. The lowest BCUT2D eigenvalue weighted by atomic mass is 10.2. The Hall–Kier alpha value is -2.70. The number of hydrogen-bond acceptors (Lipinski definition) is 4. The van der Waals surface area contributed by atoms with E-state index in [9.17, 15) is 9.59 Å². The molecule has 0 saturated carbocycles. The predicted molar refractivity (Wildman–Crippen MR) is 114 cm³/mol. The fourth-order valence-corrected chi connectivity index (χ4v) is 3.13. The number of benzene rings is 2. The molecule has 3 rings (SSSR count). The van der Waals surface area contributed by atoms with E-state index in [0.717, 1.165) is 0 Å². The third-order valence-corrected chi connectivity index (χ3v) is 5.07. The van der Waals surface area contributed by atoms with Crippen LogP contribution in [0, 0.1) is 0 Å². The molecule has 6 nitrogen and oxygen atoms in total. The second-order valence-corrected chi connectivity index (χ2v) is 7.02. The Morgan fingerprint density at radius 1 is 1.14 bits per heavy atom. The van der Waals surface area contributed by atoms with Crippen LogP contribution >= 0.6 is 23.2 Å². The summed E-state index contributed by atoms with van der Waals surface area (Å²) in [6.07, 6.45) is 2.95. The minimum atomic E-state index is -0.314. The molecule has 29 heavy (non-hydrogen) atoms. The minimum absolute atomic E-state index is 0.0859. The fourth-order valence-electron chi connectivity index (χ4n) is 2.76. The second kappa shape index (κ2) is 9.67. The number of carbonyl (C=O) groups excluding carboxylic acids is 2. The van der Waals surface area contributed by atoms with E-state index in [4.69, 9.17) is 32.7 Å². The van der Waals surface area contributed by atoms with E-state index < -0.39 is 0 Å². The van der Waals surface area contributed by atoms with Gasteiger partial charge in [-0.25, -0.2) is 0 Å². The number of rotatable bonds is 6. The molecule has 0 aliphatic carbocycles.